The van der Waals surface area contributed by atoms with Gasteiger partial charge in [-0.3, -0.25) is 14.6 Å². The van der Waals surface area contributed by atoms with E-state index in [0.29, 0.717) is 43.3 Å². The number of aromatic nitrogens is 2. The highest BCUT2D eigenvalue weighted by Crippen LogP contribution is 2.16. The van der Waals surface area contributed by atoms with E-state index in [-0.39, 0.29) is 5.56 Å². The van der Waals surface area contributed by atoms with E-state index in [0.717, 1.165) is 5.69 Å². The van der Waals surface area contributed by atoms with E-state index < -0.39 is 0 Å². The molecule has 1 aliphatic heterocycles. The Morgan fingerprint density at radius 2 is 1.85 bits per heavy atom. The quantitative estimate of drug-likeness (QED) is 0.576. The second kappa shape index (κ2) is 7.37. The molecule has 0 radical (unpaired) electrons. The summed E-state index contributed by atoms with van der Waals surface area (Å²) in [5.74, 6) is 0.642. The van der Waals surface area contributed by atoms with Gasteiger partial charge in [0.1, 0.15) is 17.0 Å². The molecule has 132 valence electrons. The number of anilines is 2. The Hall–Kier alpha value is -3.19. The maximum Gasteiger partial charge on any atom is 0.268 e. The Labute approximate surface area is 150 Å². The SMILES string of the molecule is O=c1c(/C=N/Nc2ccccc2)c(N2CCOCC2)nc2ccccn12. The Morgan fingerprint density at radius 3 is 2.65 bits per heavy atom. The lowest BCUT2D eigenvalue weighted by Gasteiger charge is -2.28. The molecule has 26 heavy (non-hydrogen) atoms. The monoisotopic (exact) mass is 349 g/mol. The van der Waals surface area contributed by atoms with Crippen LogP contribution in [-0.2, 0) is 4.74 Å². The first-order chi connectivity index (χ1) is 12.8. The number of pyridine rings is 1. The normalized spacial score (nSPS) is 14.8. The molecule has 0 unspecified atom stereocenters. The summed E-state index contributed by atoms with van der Waals surface area (Å²) in [4.78, 5) is 19.8. The molecule has 1 N–H and O–H groups in total. The second-order valence-electron chi connectivity index (χ2n) is 5.92. The first-order valence-corrected chi connectivity index (χ1v) is 8.51. The average molecular weight is 349 g/mol. The standard InChI is InChI=1S/C19H19N5O2/c25-19-16(14-20-22-15-6-2-1-3-7-15)18(23-10-12-26-13-11-23)21-17-8-4-5-9-24(17)19/h1-9,14,22H,10-13H2/b20-14+. The fraction of sp³-hybridized carbons (Fsp3) is 0.211. The highest BCUT2D eigenvalue weighted by Gasteiger charge is 2.19. The molecule has 1 saturated heterocycles. The Balaban J connectivity index is 1.75. The lowest BCUT2D eigenvalue weighted by atomic mass is 10.2. The molecule has 3 heterocycles. The maximum absolute atomic E-state index is 13.0. The van der Waals surface area contributed by atoms with Crippen molar-refractivity contribution in [3.63, 3.8) is 0 Å². The number of rotatable bonds is 4. The molecule has 1 fully saturated rings. The summed E-state index contributed by atoms with van der Waals surface area (Å²) in [6.45, 7) is 2.63. The van der Waals surface area contributed by atoms with Crippen LogP contribution in [0.2, 0.25) is 0 Å². The third-order valence-electron chi connectivity index (χ3n) is 4.22. The third-order valence-corrected chi connectivity index (χ3v) is 4.22. The molecule has 1 aromatic carbocycles. The van der Waals surface area contributed by atoms with E-state index in [2.05, 4.69) is 15.4 Å². The van der Waals surface area contributed by atoms with Gasteiger partial charge < -0.3 is 9.64 Å². The van der Waals surface area contributed by atoms with Crippen molar-refractivity contribution in [2.45, 2.75) is 0 Å². The van der Waals surface area contributed by atoms with Crippen LogP contribution < -0.4 is 15.9 Å². The van der Waals surface area contributed by atoms with Gasteiger partial charge in [0.15, 0.2) is 0 Å². The number of hydrazone groups is 1. The summed E-state index contributed by atoms with van der Waals surface area (Å²) in [5, 5.41) is 4.25. The van der Waals surface area contributed by atoms with Crippen LogP contribution in [0.25, 0.3) is 5.65 Å². The van der Waals surface area contributed by atoms with Gasteiger partial charge in [0.2, 0.25) is 0 Å². The van der Waals surface area contributed by atoms with E-state index in [1.807, 2.05) is 48.5 Å². The van der Waals surface area contributed by atoms with Gasteiger partial charge in [-0.1, -0.05) is 24.3 Å². The van der Waals surface area contributed by atoms with Crippen LogP contribution in [-0.4, -0.2) is 41.9 Å². The van der Waals surface area contributed by atoms with Crippen LogP contribution in [0.5, 0.6) is 0 Å². The number of benzene rings is 1. The Kier molecular flexibility index (Phi) is 4.61. The topological polar surface area (TPSA) is 71.2 Å². The van der Waals surface area contributed by atoms with Gasteiger partial charge in [0.05, 0.1) is 25.1 Å². The Morgan fingerprint density at radius 1 is 1.08 bits per heavy atom. The molecule has 0 bridgehead atoms. The summed E-state index contributed by atoms with van der Waals surface area (Å²) >= 11 is 0. The largest absolute Gasteiger partial charge is 0.378 e. The van der Waals surface area contributed by atoms with Crippen LogP contribution in [0.4, 0.5) is 11.5 Å². The zero-order valence-corrected chi connectivity index (χ0v) is 14.2. The van der Waals surface area contributed by atoms with E-state index in [4.69, 9.17) is 9.72 Å². The Bertz CT molecular complexity index is 978. The number of hydrogen-bond donors (Lipinski definition) is 1. The average Bonchev–Trinajstić information content (AvgIpc) is 2.71. The van der Waals surface area contributed by atoms with E-state index in [1.165, 1.54) is 4.40 Å². The van der Waals surface area contributed by atoms with E-state index >= 15 is 0 Å². The summed E-state index contributed by atoms with van der Waals surface area (Å²) in [6.07, 6.45) is 3.27. The van der Waals surface area contributed by atoms with Crippen molar-refractivity contribution in [1.82, 2.24) is 9.38 Å². The van der Waals surface area contributed by atoms with Gasteiger partial charge in [-0.2, -0.15) is 5.10 Å². The van der Waals surface area contributed by atoms with Gasteiger partial charge in [0, 0.05) is 19.3 Å². The van der Waals surface area contributed by atoms with Gasteiger partial charge in [-0.05, 0) is 24.3 Å². The number of nitrogens with zero attached hydrogens (tertiary/aromatic N) is 4. The van der Waals surface area contributed by atoms with Crippen LogP contribution in [0.1, 0.15) is 5.56 Å². The molecule has 0 saturated carbocycles. The van der Waals surface area contributed by atoms with Crippen molar-refractivity contribution in [1.29, 1.82) is 0 Å². The first kappa shape index (κ1) is 16.3. The predicted molar refractivity (Wildman–Crippen MR) is 102 cm³/mol. The first-order valence-electron chi connectivity index (χ1n) is 8.51. The van der Waals surface area contributed by atoms with Gasteiger partial charge >= 0.3 is 0 Å². The minimum absolute atomic E-state index is 0.143. The summed E-state index contributed by atoms with van der Waals surface area (Å²) in [7, 11) is 0. The molecule has 3 aromatic rings. The summed E-state index contributed by atoms with van der Waals surface area (Å²) in [5.41, 5.74) is 4.73. The number of nitrogens with one attached hydrogen (secondary N) is 1. The van der Waals surface area contributed by atoms with Gasteiger partial charge in [-0.15, -0.1) is 0 Å². The minimum atomic E-state index is -0.143. The molecule has 2 aromatic heterocycles. The molecule has 0 atom stereocenters. The zero-order valence-electron chi connectivity index (χ0n) is 14.2. The minimum Gasteiger partial charge on any atom is -0.378 e. The third kappa shape index (κ3) is 3.29. The lowest BCUT2D eigenvalue weighted by Crippen LogP contribution is -2.39. The number of hydrogen-bond acceptors (Lipinski definition) is 6. The molecule has 4 rings (SSSR count). The van der Waals surface area contributed by atoms with E-state index in [9.17, 15) is 4.79 Å². The maximum atomic E-state index is 13.0. The molecule has 0 spiro atoms. The number of para-hydroxylation sites is 1. The smallest absolute Gasteiger partial charge is 0.268 e. The van der Waals surface area contributed by atoms with Crippen molar-refractivity contribution >= 4 is 23.4 Å². The fourth-order valence-corrected chi connectivity index (χ4v) is 2.90. The highest BCUT2D eigenvalue weighted by molar-refractivity contribution is 5.87. The molecule has 0 aliphatic carbocycles. The van der Waals surface area contributed by atoms with Crippen LogP contribution >= 0.6 is 0 Å². The second-order valence-corrected chi connectivity index (χ2v) is 5.92. The molecule has 7 heteroatoms. The fourth-order valence-electron chi connectivity index (χ4n) is 2.90. The summed E-state index contributed by atoms with van der Waals surface area (Å²) in [6, 6.07) is 15.1. The number of morpholine rings is 1. The molecule has 1 aliphatic rings. The molecular weight excluding hydrogens is 330 g/mol. The van der Waals surface area contributed by atoms with Crippen molar-refractivity contribution < 1.29 is 4.74 Å². The predicted octanol–water partition coefficient (Wildman–Crippen LogP) is 1.98. The summed E-state index contributed by atoms with van der Waals surface area (Å²) < 4.78 is 6.95. The highest BCUT2D eigenvalue weighted by atomic mass is 16.5. The van der Waals surface area contributed by atoms with Gasteiger partial charge in [0.25, 0.3) is 5.56 Å². The van der Waals surface area contributed by atoms with Gasteiger partial charge in [-0.25, -0.2) is 4.98 Å². The molecule has 7 nitrogen and oxygen atoms in total. The molecule has 0 amide bonds. The van der Waals surface area contributed by atoms with Crippen LogP contribution in [0.15, 0.2) is 64.6 Å². The van der Waals surface area contributed by atoms with Crippen molar-refractivity contribution in [3.05, 3.63) is 70.6 Å². The lowest BCUT2D eigenvalue weighted by molar-refractivity contribution is 0.122. The van der Waals surface area contributed by atoms with Crippen LogP contribution in [0.3, 0.4) is 0 Å². The van der Waals surface area contributed by atoms with Crippen molar-refractivity contribution in [2.24, 2.45) is 5.10 Å². The number of ether oxygens (including phenoxy) is 1. The van der Waals surface area contributed by atoms with Crippen molar-refractivity contribution in [3.8, 4) is 0 Å². The van der Waals surface area contributed by atoms with E-state index in [1.54, 1.807) is 12.4 Å². The zero-order chi connectivity index (χ0) is 17.8. The number of fused-ring (bicyclic) bond motifs is 1. The molecular formula is C19H19N5O2. The van der Waals surface area contributed by atoms with Crippen molar-refractivity contribution in [2.75, 3.05) is 36.6 Å². The van der Waals surface area contributed by atoms with Crippen LogP contribution in [0, 0.1) is 0 Å².